The summed E-state index contributed by atoms with van der Waals surface area (Å²) < 4.78 is 0. The molecule has 0 bridgehead atoms. The quantitative estimate of drug-likeness (QED) is 0.902. The van der Waals surface area contributed by atoms with E-state index < -0.39 is 5.97 Å². The number of rotatable bonds is 5. The number of hydrogen-bond donors (Lipinski definition) is 1. The van der Waals surface area contributed by atoms with Crippen molar-refractivity contribution in [3.05, 3.63) is 34.9 Å². The highest BCUT2D eigenvalue weighted by Gasteiger charge is 2.22. The predicted molar refractivity (Wildman–Crippen MR) is 80.3 cm³/mol. The highest BCUT2D eigenvalue weighted by Crippen LogP contribution is 2.14. The number of carboxylic acids is 1. The number of hydrogen-bond acceptors (Lipinski definition) is 3. The van der Waals surface area contributed by atoms with E-state index in [0.29, 0.717) is 6.04 Å². The molecule has 0 amide bonds. The van der Waals surface area contributed by atoms with E-state index in [9.17, 15) is 4.79 Å². The van der Waals surface area contributed by atoms with Crippen molar-refractivity contribution in [3.8, 4) is 0 Å². The van der Waals surface area contributed by atoms with Gasteiger partial charge in [0.15, 0.2) is 0 Å². The Hall–Kier alpha value is -1.10. The second-order valence-electron chi connectivity index (χ2n) is 5.39. The SMILES string of the molecule is CC(Cc1ccc(Cl)cc1)N1CCN(CC(=O)O)CC1. The van der Waals surface area contributed by atoms with E-state index in [-0.39, 0.29) is 6.54 Å². The van der Waals surface area contributed by atoms with Gasteiger partial charge in [0.2, 0.25) is 0 Å². The number of carbonyl (C=O) groups is 1. The van der Waals surface area contributed by atoms with Crippen molar-refractivity contribution >= 4 is 17.6 Å². The zero-order chi connectivity index (χ0) is 14.5. The van der Waals surface area contributed by atoms with Crippen molar-refractivity contribution < 1.29 is 9.90 Å². The summed E-state index contributed by atoms with van der Waals surface area (Å²) >= 11 is 5.89. The lowest BCUT2D eigenvalue weighted by Gasteiger charge is -2.37. The first kappa shape index (κ1) is 15.3. The maximum atomic E-state index is 10.7. The minimum absolute atomic E-state index is 0.152. The van der Waals surface area contributed by atoms with Gasteiger partial charge in [-0.05, 0) is 31.0 Å². The smallest absolute Gasteiger partial charge is 0.317 e. The normalized spacial score (nSPS) is 18.9. The van der Waals surface area contributed by atoms with Gasteiger partial charge in [-0.2, -0.15) is 0 Å². The summed E-state index contributed by atoms with van der Waals surface area (Å²) in [6.07, 6.45) is 0.996. The summed E-state index contributed by atoms with van der Waals surface area (Å²) in [4.78, 5) is 15.1. The maximum Gasteiger partial charge on any atom is 0.317 e. The Balaban J connectivity index is 1.81. The van der Waals surface area contributed by atoms with Crippen LogP contribution >= 0.6 is 11.6 Å². The second-order valence-corrected chi connectivity index (χ2v) is 5.82. The number of nitrogens with zero attached hydrogens (tertiary/aromatic N) is 2. The molecule has 0 spiro atoms. The fourth-order valence-electron chi connectivity index (χ4n) is 2.64. The molecule has 0 saturated carbocycles. The van der Waals surface area contributed by atoms with Crippen LogP contribution in [0.25, 0.3) is 0 Å². The minimum atomic E-state index is -0.743. The third-order valence-corrected chi connectivity index (χ3v) is 4.09. The van der Waals surface area contributed by atoms with Crippen molar-refractivity contribution in [2.45, 2.75) is 19.4 Å². The molecule has 0 radical (unpaired) electrons. The number of halogens is 1. The fourth-order valence-corrected chi connectivity index (χ4v) is 2.77. The Labute approximate surface area is 124 Å². The van der Waals surface area contributed by atoms with Crippen molar-refractivity contribution in [3.63, 3.8) is 0 Å². The van der Waals surface area contributed by atoms with E-state index in [1.165, 1.54) is 5.56 Å². The molecular weight excluding hydrogens is 276 g/mol. The first-order chi connectivity index (χ1) is 9.54. The zero-order valence-electron chi connectivity index (χ0n) is 11.8. The average molecular weight is 297 g/mol. The topological polar surface area (TPSA) is 43.8 Å². The van der Waals surface area contributed by atoms with Crippen LogP contribution in [0.5, 0.6) is 0 Å². The van der Waals surface area contributed by atoms with E-state index in [4.69, 9.17) is 16.7 Å². The molecule has 1 atom stereocenters. The van der Waals surface area contributed by atoms with E-state index in [1.807, 2.05) is 17.0 Å². The first-order valence-electron chi connectivity index (χ1n) is 6.97. The van der Waals surface area contributed by atoms with Crippen LogP contribution in [0.4, 0.5) is 0 Å². The monoisotopic (exact) mass is 296 g/mol. The molecule has 1 N–H and O–H groups in total. The molecule has 4 nitrogen and oxygen atoms in total. The molecule has 5 heteroatoms. The molecule has 0 aromatic heterocycles. The zero-order valence-corrected chi connectivity index (χ0v) is 12.5. The third-order valence-electron chi connectivity index (χ3n) is 3.83. The highest BCUT2D eigenvalue weighted by atomic mass is 35.5. The van der Waals surface area contributed by atoms with Crippen LogP contribution in [0, 0.1) is 0 Å². The van der Waals surface area contributed by atoms with Crippen LogP contribution in [0.2, 0.25) is 5.02 Å². The van der Waals surface area contributed by atoms with Crippen LogP contribution in [0.3, 0.4) is 0 Å². The number of benzene rings is 1. The lowest BCUT2D eigenvalue weighted by molar-refractivity contribution is -0.138. The summed E-state index contributed by atoms with van der Waals surface area (Å²) in [5, 5.41) is 9.56. The largest absolute Gasteiger partial charge is 0.480 e. The Morgan fingerprint density at radius 1 is 1.25 bits per heavy atom. The molecule has 2 rings (SSSR count). The average Bonchev–Trinajstić information content (AvgIpc) is 2.41. The maximum absolute atomic E-state index is 10.7. The van der Waals surface area contributed by atoms with Gasteiger partial charge in [0.1, 0.15) is 0 Å². The molecule has 1 heterocycles. The Morgan fingerprint density at radius 2 is 1.85 bits per heavy atom. The van der Waals surface area contributed by atoms with Gasteiger partial charge in [0.25, 0.3) is 0 Å². The predicted octanol–water partition coefficient (Wildman–Crippen LogP) is 1.97. The summed E-state index contributed by atoms with van der Waals surface area (Å²) in [5.41, 5.74) is 1.29. The Bertz CT molecular complexity index is 442. The molecule has 110 valence electrons. The molecule has 1 fully saturated rings. The van der Waals surface area contributed by atoms with E-state index in [1.54, 1.807) is 0 Å². The van der Waals surface area contributed by atoms with Crippen LogP contribution in [-0.2, 0) is 11.2 Å². The highest BCUT2D eigenvalue weighted by molar-refractivity contribution is 6.30. The van der Waals surface area contributed by atoms with Gasteiger partial charge in [-0.3, -0.25) is 14.6 Å². The number of aliphatic carboxylic acids is 1. The van der Waals surface area contributed by atoms with Gasteiger partial charge in [-0.25, -0.2) is 0 Å². The number of carboxylic acid groups (broad SMARTS) is 1. The molecule has 0 aliphatic carbocycles. The van der Waals surface area contributed by atoms with Crippen molar-refractivity contribution in [1.29, 1.82) is 0 Å². The van der Waals surface area contributed by atoms with Gasteiger partial charge in [0, 0.05) is 37.2 Å². The van der Waals surface area contributed by atoms with Gasteiger partial charge >= 0.3 is 5.97 Å². The van der Waals surface area contributed by atoms with E-state index in [0.717, 1.165) is 37.6 Å². The van der Waals surface area contributed by atoms with Crippen molar-refractivity contribution in [1.82, 2.24) is 9.80 Å². The molecule has 1 aromatic carbocycles. The van der Waals surface area contributed by atoms with Crippen LogP contribution in [0.1, 0.15) is 12.5 Å². The molecule has 1 aromatic rings. The molecule has 1 saturated heterocycles. The van der Waals surface area contributed by atoms with Crippen LogP contribution in [0.15, 0.2) is 24.3 Å². The molecule has 1 unspecified atom stereocenters. The van der Waals surface area contributed by atoms with Gasteiger partial charge in [0.05, 0.1) is 6.54 Å². The second kappa shape index (κ2) is 7.07. The summed E-state index contributed by atoms with van der Waals surface area (Å²) in [7, 11) is 0. The summed E-state index contributed by atoms with van der Waals surface area (Å²) in [5.74, 6) is -0.743. The molecule has 20 heavy (non-hydrogen) atoms. The van der Waals surface area contributed by atoms with E-state index >= 15 is 0 Å². The third kappa shape index (κ3) is 4.47. The Kier molecular flexibility index (Phi) is 5.40. The minimum Gasteiger partial charge on any atom is -0.480 e. The lowest BCUT2D eigenvalue weighted by atomic mass is 10.1. The summed E-state index contributed by atoms with van der Waals surface area (Å²) in [6, 6.07) is 8.45. The number of piperazine rings is 1. The molecule has 1 aliphatic heterocycles. The summed E-state index contributed by atoms with van der Waals surface area (Å²) in [6.45, 7) is 5.90. The van der Waals surface area contributed by atoms with Gasteiger partial charge < -0.3 is 5.11 Å². The lowest BCUT2D eigenvalue weighted by Crippen LogP contribution is -2.51. The molecular formula is C15H21ClN2O2. The van der Waals surface area contributed by atoms with Gasteiger partial charge in [-0.1, -0.05) is 23.7 Å². The van der Waals surface area contributed by atoms with E-state index in [2.05, 4.69) is 24.0 Å². The van der Waals surface area contributed by atoms with Crippen molar-refractivity contribution in [2.75, 3.05) is 32.7 Å². The Morgan fingerprint density at radius 3 is 2.40 bits per heavy atom. The molecule has 1 aliphatic rings. The van der Waals surface area contributed by atoms with Crippen LogP contribution in [-0.4, -0.2) is 59.6 Å². The van der Waals surface area contributed by atoms with Crippen LogP contribution < -0.4 is 0 Å². The fraction of sp³-hybridized carbons (Fsp3) is 0.533. The first-order valence-corrected chi connectivity index (χ1v) is 7.35. The van der Waals surface area contributed by atoms with Gasteiger partial charge in [-0.15, -0.1) is 0 Å². The standard InChI is InChI=1S/C15H21ClN2O2/c1-12(10-13-2-4-14(16)5-3-13)18-8-6-17(7-9-18)11-15(19)20/h2-5,12H,6-11H2,1H3,(H,19,20). The van der Waals surface area contributed by atoms with Crippen molar-refractivity contribution in [2.24, 2.45) is 0 Å².